The Bertz CT molecular complexity index is 1140. The van der Waals surface area contributed by atoms with E-state index in [1.54, 1.807) is 26.8 Å². The first-order valence-electron chi connectivity index (χ1n) is 11.0. The van der Waals surface area contributed by atoms with Gasteiger partial charge in [-0.1, -0.05) is 18.2 Å². The number of hydrogen-bond donors (Lipinski definition) is 3. The Hall–Kier alpha value is -3.17. The number of benzene rings is 1. The molecule has 176 valence electrons. The van der Waals surface area contributed by atoms with Crippen molar-refractivity contribution in [2.24, 2.45) is 0 Å². The lowest BCUT2D eigenvalue weighted by Crippen LogP contribution is -2.35. The molecule has 33 heavy (non-hydrogen) atoms. The lowest BCUT2D eigenvalue weighted by atomic mass is 10.2. The van der Waals surface area contributed by atoms with Gasteiger partial charge < -0.3 is 29.6 Å². The number of aromatic nitrogens is 3. The van der Waals surface area contributed by atoms with Crippen LogP contribution in [0.25, 0.3) is 11.0 Å². The van der Waals surface area contributed by atoms with E-state index in [1.165, 1.54) is 6.33 Å². The average molecular weight is 455 g/mol. The van der Waals surface area contributed by atoms with E-state index in [9.17, 15) is 15.0 Å². The van der Waals surface area contributed by atoms with Crippen molar-refractivity contribution in [3.05, 3.63) is 54.1 Å². The number of amides is 1. The average Bonchev–Trinajstić information content (AvgIpc) is 3.29. The molecule has 1 aromatic carbocycles. The number of nitrogens with one attached hydrogen (secondary N) is 1. The summed E-state index contributed by atoms with van der Waals surface area (Å²) in [6.07, 6.45) is 0.485. The summed E-state index contributed by atoms with van der Waals surface area (Å²) in [5.74, 6) is 0.529. The molecule has 0 unspecified atom stereocenters. The zero-order valence-corrected chi connectivity index (χ0v) is 19.2. The monoisotopic (exact) mass is 454 g/mol. The molecule has 9 nitrogen and oxygen atoms in total. The quantitative estimate of drug-likeness (QED) is 0.542. The number of aliphatic hydroxyl groups excluding tert-OH is 2. The Balaban J connectivity index is 1.49. The van der Waals surface area contributed by atoms with Gasteiger partial charge in [0.1, 0.15) is 41.6 Å². The minimum absolute atomic E-state index is 0.207. The van der Waals surface area contributed by atoms with Gasteiger partial charge in [0.05, 0.1) is 11.7 Å². The van der Waals surface area contributed by atoms with Crippen molar-refractivity contribution in [3.8, 4) is 5.75 Å². The third-order valence-electron chi connectivity index (χ3n) is 5.74. The first-order valence-corrected chi connectivity index (χ1v) is 11.0. The normalized spacial score (nSPS) is 23.0. The molecule has 3 aromatic rings. The van der Waals surface area contributed by atoms with Crippen LogP contribution in [0.15, 0.2) is 42.9 Å². The fourth-order valence-corrected chi connectivity index (χ4v) is 4.13. The number of ether oxygens (including phenoxy) is 2. The second-order valence-electron chi connectivity index (χ2n) is 9.32. The van der Waals surface area contributed by atoms with E-state index < -0.39 is 36.0 Å². The van der Waals surface area contributed by atoms with Crippen LogP contribution in [-0.2, 0) is 11.3 Å². The summed E-state index contributed by atoms with van der Waals surface area (Å²) in [6, 6.07) is 8.79. The van der Waals surface area contributed by atoms with E-state index in [4.69, 9.17) is 9.47 Å². The predicted octanol–water partition coefficient (Wildman–Crippen LogP) is 2.88. The van der Waals surface area contributed by atoms with Gasteiger partial charge in [-0.05, 0) is 39.8 Å². The van der Waals surface area contributed by atoms with Crippen molar-refractivity contribution in [2.45, 2.75) is 70.6 Å². The molecule has 0 aliphatic heterocycles. The van der Waals surface area contributed by atoms with Crippen LogP contribution in [0.5, 0.6) is 5.75 Å². The van der Waals surface area contributed by atoms with Crippen molar-refractivity contribution in [1.82, 2.24) is 19.9 Å². The van der Waals surface area contributed by atoms with Gasteiger partial charge in [0.15, 0.2) is 0 Å². The number of fused-ring (bicyclic) bond motifs is 1. The van der Waals surface area contributed by atoms with E-state index in [0.29, 0.717) is 17.8 Å². The molecule has 2 aromatic heterocycles. The highest BCUT2D eigenvalue weighted by atomic mass is 16.6. The predicted molar refractivity (Wildman–Crippen MR) is 122 cm³/mol. The SMILES string of the molecule is Cc1ncnc2c1ccn2[C@H]1C[C@@H](Oc2ccccc2CNC(=O)OC(C)(C)C)[C@H](O)[C@@H]1O. The third-order valence-corrected chi connectivity index (χ3v) is 5.74. The smallest absolute Gasteiger partial charge is 0.407 e. The first kappa shape index (κ1) is 23.0. The van der Waals surface area contributed by atoms with Crippen LogP contribution in [0.2, 0.25) is 0 Å². The van der Waals surface area contributed by atoms with Crippen molar-refractivity contribution in [2.75, 3.05) is 0 Å². The number of alkyl carbamates (subject to hydrolysis) is 1. The van der Waals surface area contributed by atoms with Gasteiger partial charge in [-0.25, -0.2) is 14.8 Å². The molecule has 0 bridgehead atoms. The minimum atomic E-state index is -1.08. The topological polar surface area (TPSA) is 119 Å². The number of carbonyl (C=O) groups is 1. The molecular weight excluding hydrogens is 424 g/mol. The molecular formula is C24H30N4O5. The van der Waals surface area contributed by atoms with Gasteiger partial charge in [0.2, 0.25) is 0 Å². The Kier molecular flexibility index (Phi) is 6.27. The van der Waals surface area contributed by atoms with Gasteiger partial charge in [0.25, 0.3) is 0 Å². The number of hydrogen-bond acceptors (Lipinski definition) is 7. The molecule has 3 N–H and O–H groups in total. The van der Waals surface area contributed by atoms with E-state index in [0.717, 1.165) is 16.6 Å². The Morgan fingerprint density at radius 3 is 2.70 bits per heavy atom. The summed E-state index contributed by atoms with van der Waals surface area (Å²) in [5, 5.41) is 25.2. The standard InChI is InChI=1S/C24H30N4O5/c1-14-16-9-10-28(22(16)27-13-26-14)17-11-19(21(30)20(17)29)32-18-8-6-5-7-15(18)12-25-23(31)33-24(2,3)4/h5-10,13,17,19-21,29-30H,11-12H2,1-4H3,(H,25,31)/t17-,19+,20+,21-/m0/s1. The molecule has 9 heteroatoms. The second-order valence-corrected chi connectivity index (χ2v) is 9.32. The second kappa shape index (κ2) is 8.99. The number of para-hydroxylation sites is 1. The van der Waals surface area contributed by atoms with Crippen LogP contribution in [0.1, 0.15) is 44.5 Å². The number of aryl methyl sites for hydroxylation is 1. The van der Waals surface area contributed by atoms with Crippen LogP contribution in [0.3, 0.4) is 0 Å². The van der Waals surface area contributed by atoms with Crippen LogP contribution < -0.4 is 10.1 Å². The maximum absolute atomic E-state index is 12.0. The summed E-state index contributed by atoms with van der Waals surface area (Å²) in [7, 11) is 0. The molecule has 2 heterocycles. The first-order chi connectivity index (χ1) is 15.6. The van der Waals surface area contributed by atoms with Crippen molar-refractivity contribution >= 4 is 17.1 Å². The van der Waals surface area contributed by atoms with Crippen LogP contribution in [-0.4, -0.2) is 54.8 Å². The van der Waals surface area contributed by atoms with Gasteiger partial charge in [-0.2, -0.15) is 0 Å². The number of nitrogens with zero attached hydrogens (tertiary/aromatic N) is 3. The fraction of sp³-hybridized carbons (Fsp3) is 0.458. The molecule has 1 amide bonds. The van der Waals surface area contributed by atoms with Gasteiger partial charge in [-0.15, -0.1) is 0 Å². The lowest BCUT2D eigenvalue weighted by molar-refractivity contribution is -0.0166. The Morgan fingerprint density at radius 2 is 1.94 bits per heavy atom. The van der Waals surface area contributed by atoms with E-state index in [-0.39, 0.29) is 6.54 Å². The van der Waals surface area contributed by atoms with Crippen molar-refractivity contribution in [1.29, 1.82) is 0 Å². The number of rotatable bonds is 5. The molecule has 1 saturated carbocycles. The minimum Gasteiger partial charge on any atom is -0.487 e. The maximum Gasteiger partial charge on any atom is 0.407 e. The molecule has 0 saturated heterocycles. The highest BCUT2D eigenvalue weighted by Crippen LogP contribution is 2.36. The number of carbonyl (C=O) groups excluding carboxylic acids is 1. The van der Waals surface area contributed by atoms with Gasteiger partial charge in [-0.3, -0.25) is 0 Å². The summed E-state index contributed by atoms with van der Waals surface area (Å²) in [5.41, 5.74) is 1.71. The van der Waals surface area contributed by atoms with Crippen LogP contribution >= 0.6 is 0 Å². The van der Waals surface area contributed by atoms with E-state index in [2.05, 4.69) is 15.3 Å². The summed E-state index contributed by atoms with van der Waals surface area (Å²) in [4.78, 5) is 20.6. The Labute approximate surface area is 192 Å². The molecule has 1 fully saturated rings. The summed E-state index contributed by atoms with van der Waals surface area (Å²) in [6.45, 7) is 7.51. The van der Waals surface area contributed by atoms with E-state index in [1.807, 2.05) is 42.0 Å². The van der Waals surface area contributed by atoms with Crippen molar-refractivity contribution in [3.63, 3.8) is 0 Å². The maximum atomic E-state index is 12.0. The summed E-state index contributed by atoms with van der Waals surface area (Å²) < 4.78 is 13.3. The van der Waals surface area contributed by atoms with Crippen LogP contribution in [0.4, 0.5) is 4.79 Å². The highest BCUT2D eigenvalue weighted by molar-refractivity contribution is 5.78. The van der Waals surface area contributed by atoms with Crippen molar-refractivity contribution < 1.29 is 24.5 Å². The zero-order valence-electron chi connectivity index (χ0n) is 19.2. The molecule has 4 atom stereocenters. The van der Waals surface area contributed by atoms with Crippen LogP contribution in [0, 0.1) is 6.92 Å². The molecule has 1 aliphatic carbocycles. The molecule has 0 spiro atoms. The van der Waals surface area contributed by atoms with Gasteiger partial charge >= 0.3 is 6.09 Å². The fourth-order valence-electron chi connectivity index (χ4n) is 4.13. The largest absolute Gasteiger partial charge is 0.487 e. The third kappa shape index (κ3) is 4.94. The zero-order chi connectivity index (χ0) is 23.8. The lowest BCUT2D eigenvalue weighted by Gasteiger charge is -2.21. The Morgan fingerprint density at radius 1 is 1.18 bits per heavy atom. The van der Waals surface area contributed by atoms with Gasteiger partial charge in [0, 0.05) is 30.1 Å². The van der Waals surface area contributed by atoms with E-state index >= 15 is 0 Å². The molecule has 4 rings (SSSR count). The molecule has 0 radical (unpaired) electrons. The highest BCUT2D eigenvalue weighted by Gasteiger charge is 2.44. The molecule has 1 aliphatic rings. The summed E-state index contributed by atoms with van der Waals surface area (Å²) >= 11 is 0. The number of aliphatic hydroxyl groups is 2.